The fraction of sp³-hybridized carbons (Fsp3) is 0.312. The minimum absolute atomic E-state index is 0. The summed E-state index contributed by atoms with van der Waals surface area (Å²) in [6.45, 7) is 7.24. The Kier molecular flexibility index (Phi) is 13.0. The average Bonchev–Trinajstić information content (AvgIpc) is 2.56. The lowest BCUT2D eigenvalue weighted by Crippen LogP contribution is -2.18. The Morgan fingerprint density at radius 2 is 1.89 bits per heavy atom. The normalized spacial score (nSPS) is 11.7. The van der Waals surface area contributed by atoms with Gasteiger partial charge in [-0.25, -0.2) is 9.79 Å². The fourth-order valence-electron chi connectivity index (χ4n) is 1.59. The summed E-state index contributed by atoms with van der Waals surface area (Å²) in [6.07, 6.45) is 2.49. The van der Waals surface area contributed by atoms with Crippen LogP contribution in [0.1, 0.15) is 38.3 Å². The molecule has 0 aliphatic heterocycles. The van der Waals surface area contributed by atoms with Crippen LogP contribution in [0.2, 0.25) is 0 Å². The molecule has 0 aliphatic rings. The summed E-state index contributed by atoms with van der Waals surface area (Å²) in [4.78, 5) is 31.2. The Labute approximate surface area is 162 Å². The number of carbonyl (C=O) groups excluding carboxylic acids is 1. The minimum Gasteiger partial charge on any atom is -0.490 e. The summed E-state index contributed by atoms with van der Waals surface area (Å²) in [5.74, 6) is -1.08. The molecule has 11 heteroatoms. The molecule has 0 atom stereocenters. The first kappa shape index (κ1) is 26.3. The molecule has 0 aliphatic carbocycles. The van der Waals surface area contributed by atoms with E-state index >= 15 is 0 Å². The molecule has 1 amide bonds. The maximum Gasteiger partial charge on any atom is 0.379 e. The summed E-state index contributed by atoms with van der Waals surface area (Å²) in [5.41, 5.74) is 11.4. The topological polar surface area (TPSA) is 189 Å². The zero-order valence-corrected chi connectivity index (χ0v) is 16.6. The number of aliphatic imine (C=N–C) groups is 2. The van der Waals surface area contributed by atoms with Crippen molar-refractivity contribution >= 4 is 34.2 Å². The van der Waals surface area contributed by atoms with Gasteiger partial charge in [0.15, 0.2) is 16.1 Å². The number of nitrogens with zero attached hydrogens (tertiary/aromatic N) is 2. The van der Waals surface area contributed by atoms with Crippen molar-refractivity contribution in [3.63, 3.8) is 0 Å². The number of carbonyl (C=O) groups is 1. The van der Waals surface area contributed by atoms with Crippen molar-refractivity contribution in [1.82, 2.24) is 0 Å². The van der Waals surface area contributed by atoms with Gasteiger partial charge in [-0.3, -0.25) is 4.79 Å². The standard InChI is InChI=1S/C14H17N5O4S.C2H6.H2O.H2/c1-7-6-9(23-12(21)10(7)22-3)11(20)19-14(17)24-13(16)18-8(2)4-5-15;1-2;;/h4-6,15H,1-3H3,(H2,16,18)(H2,17,19,20);1-2H3;1H2;1H/b8-4-,15-5?;;;. The van der Waals surface area contributed by atoms with Crippen molar-refractivity contribution in [2.45, 2.75) is 27.7 Å². The molecule has 1 aromatic heterocycles. The van der Waals surface area contributed by atoms with Crippen molar-refractivity contribution < 1.29 is 20.9 Å². The molecule has 0 saturated carbocycles. The van der Waals surface area contributed by atoms with E-state index in [1.54, 1.807) is 13.8 Å². The van der Waals surface area contributed by atoms with Gasteiger partial charge in [0, 0.05) is 18.9 Å². The highest BCUT2D eigenvalue weighted by Gasteiger charge is 2.15. The lowest BCUT2D eigenvalue weighted by Gasteiger charge is -2.03. The van der Waals surface area contributed by atoms with E-state index in [4.69, 9.17) is 26.0 Å². The van der Waals surface area contributed by atoms with Crippen LogP contribution in [-0.4, -0.2) is 35.0 Å². The number of thioether (sulfide) groups is 1. The Morgan fingerprint density at radius 1 is 1.33 bits per heavy atom. The van der Waals surface area contributed by atoms with Crippen LogP contribution < -0.4 is 21.8 Å². The molecule has 152 valence electrons. The lowest BCUT2D eigenvalue weighted by atomic mass is 10.2. The molecule has 1 aromatic rings. The van der Waals surface area contributed by atoms with E-state index in [9.17, 15) is 9.59 Å². The SMILES string of the molecule is CC.COc1c(C)cc(C(=O)N=C(N)SC(N)=N/C(C)=C\C=N)oc1=O.O.[HH]. The maximum absolute atomic E-state index is 12.0. The van der Waals surface area contributed by atoms with Crippen molar-refractivity contribution in [2.75, 3.05) is 7.11 Å². The van der Waals surface area contributed by atoms with E-state index in [0.29, 0.717) is 11.3 Å². The van der Waals surface area contributed by atoms with Gasteiger partial charge < -0.3 is 31.5 Å². The van der Waals surface area contributed by atoms with Crippen LogP contribution in [0.4, 0.5) is 0 Å². The maximum atomic E-state index is 12.0. The van der Waals surface area contributed by atoms with Gasteiger partial charge in [-0.05, 0) is 37.8 Å². The van der Waals surface area contributed by atoms with Crippen molar-refractivity contribution in [3.8, 4) is 5.75 Å². The van der Waals surface area contributed by atoms with Gasteiger partial charge in [0.25, 0.3) is 0 Å². The van der Waals surface area contributed by atoms with Crippen molar-refractivity contribution in [3.05, 3.63) is 39.6 Å². The molecular formula is C16H27N5O5S. The van der Waals surface area contributed by atoms with Crippen LogP contribution in [0.25, 0.3) is 0 Å². The second-order valence-electron chi connectivity index (χ2n) is 4.40. The summed E-state index contributed by atoms with van der Waals surface area (Å²) < 4.78 is 9.71. The quantitative estimate of drug-likeness (QED) is 0.502. The molecule has 10 nitrogen and oxygen atoms in total. The number of hydrogen-bond acceptors (Lipinski definition) is 7. The van der Waals surface area contributed by atoms with Crippen LogP contribution in [0.3, 0.4) is 0 Å². The number of amides is 1. The number of methoxy groups -OCH3 is 1. The number of allylic oxidation sites excluding steroid dienone is 2. The highest BCUT2D eigenvalue weighted by molar-refractivity contribution is 8.26. The molecule has 1 rings (SSSR count). The van der Waals surface area contributed by atoms with Gasteiger partial charge in [0.2, 0.25) is 5.75 Å². The Morgan fingerprint density at radius 3 is 2.37 bits per heavy atom. The first-order valence-corrected chi connectivity index (χ1v) is 8.36. The first-order chi connectivity index (χ1) is 12.3. The van der Waals surface area contributed by atoms with Crippen LogP contribution in [0, 0.1) is 12.3 Å². The van der Waals surface area contributed by atoms with Gasteiger partial charge in [0.1, 0.15) is 0 Å². The molecule has 1 heterocycles. The first-order valence-electron chi connectivity index (χ1n) is 7.55. The highest BCUT2D eigenvalue weighted by Crippen LogP contribution is 2.14. The predicted molar refractivity (Wildman–Crippen MR) is 111 cm³/mol. The summed E-state index contributed by atoms with van der Waals surface area (Å²) in [5, 5.41) is 6.80. The van der Waals surface area contributed by atoms with E-state index in [2.05, 4.69) is 9.98 Å². The van der Waals surface area contributed by atoms with E-state index < -0.39 is 11.5 Å². The molecule has 7 N–H and O–H groups in total. The molecule has 0 spiro atoms. The third-order valence-corrected chi connectivity index (χ3v) is 3.14. The molecule has 0 saturated heterocycles. The minimum atomic E-state index is -0.831. The number of nitrogens with two attached hydrogens (primary N) is 2. The van der Waals surface area contributed by atoms with Gasteiger partial charge in [-0.2, -0.15) is 4.99 Å². The number of nitrogens with one attached hydrogen (secondary N) is 1. The molecule has 0 bridgehead atoms. The zero-order chi connectivity index (χ0) is 20.3. The molecular weight excluding hydrogens is 374 g/mol. The molecule has 0 radical (unpaired) electrons. The Balaban J connectivity index is -0.00000151. The van der Waals surface area contributed by atoms with Crippen molar-refractivity contribution in [2.24, 2.45) is 21.5 Å². The monoisotopic (exact) mass is 401 g/mol. The van der Waals surface area contributed by atoms with Crippen LogP contribution in [0.15, 0.2) is 37.0 Å². The van der Waals surface area contributed by atoms with Gasteiger partial charge >= 0.3 is 11.5 Å². The highest BCUT2D eigenvalue weighted by atomic mass is 32.2. The third kappa shape index (κ3) is 8.83. The van der Waals surface area contributed by atoms with Crippen LogP contribution >= 0.6 is 11.8 Å². The largest absolute Gasteiger partial charge is 0.490 e. The average molecular weight is 401 g/mol. The van der Waals surface area contributed by atoms with Gasteiger partial charge in [-0.15, -0.1) is 0 Å². The summed E-state index contributed by atoms with van der Waals surface area (Å²) >= 11 is 0.767. The number of amidine groups is 2. The predicted octanol–water partition coefficient (Wildman–Crippen LogP) is 1.46. The molecule has 0 aromatic carbocycles. The molecule has 0 fully saturated rings. The smallest absolute Gasteiger partial charge is 0.379 e. The van der Waals surface area contributed by atoms with E-state index in [0.717, 1.165) is 18.0 Å². The number of rotatable bonds is 4. The fourth-order valence-corrected chi connectivity index (χ4v) is 2.12. The van der Waals surface area contributed by atoms with Crippen molar-refractivity contribution in [1.29, 1.82) is 5.41 Å². The number of ether oxygens (including phenoxy) is 1. The summed E-state index contributed by atoms with van der Waals surface area (Å²) in [7, 11) is 1.32. The lowest BCUT2D eigenvalue weighted by molar-refractivity contribution is 0.0971. The second-order valence-corrected chi connectivity index (χ2v) is 5.44. The number of hydrogen-bond donors (Lipinski definition) is 3. The number of aryl methyl sites for hydroxylation is 1. The second kappa shape index (κ2) is 13.3. The van der Waals surface area contributed by atoms with E-state index in [-0.39, 0.29) is 28.7 Å². The third-order valence-electron chi connectivity index (χ3n) is 2.54. The van der Waals surface area contributed by atoms with E-state index in [1.165, 1.54) is 19.3 Å². The summed E-state index contributed by atoms with van der Waals surface area (Å²) in [6, 6.07) is 1.33. The Hall–Kier alpha value is -2.92. The van der Waals surface area contributed by atoms with Crippen LogP contribution in [0.5, 0.6) is 5.75 Å². The van der Waals surface area contributed by atoms with Gasteiger partial charge in [0.05, 0.1) is 7.11 Å². The Bertz CT molecular complexity index is 805. The zero-order valence-electron chi connectivity index (χ0n) is 15.8. The van der Waals surface area contributed by atoms with Gasteiger partial charge in [-0.1, -0.05) is 13.8 Å². The molecule has 27 heavy (non-hydrogen) atoms. The molecule has 0 unspecified atom stereocenters. The van der Waals surface area contributed by atoms with Crippen LogP contribution in [-0.2, 0) is 0 Å². The van der Waals surface area contributed by atoms with E-state index in [1.807, 2.05) is 13.8 Å².